The number of esters is 2. The van der Waals surface area contributed by atoms with Crippen molar-refractivity contribution in [3.8, 4) is 0 Å². The second kappa shape index (κ2) is 44.3. The molecule has 0 saturated heterocycles. The SMILES string of the molecule is CCCCCCCCCCCCCCCCCC(=O)OCC(COP(=O)(OC)OCCCC(=O)C(N)CCCN)OC(=O)CCCCCCCCCCCCCCCCC. The summed E-state index contributed by atoms with van der Waals surface area (Å²) in [5.41, 5.74) is 11.4. The highest BCUT2D eigenvalue weighted by Crippen LogP contribution is 2.48. The Balaban J connectivity index is 4.59. The molecule has 0 fully saturated rings. The molecule has 3 atom stereocenters. The Kier molecular flexibility index (Phi) is 43.3. The van der Waals surface area contributed by atoms with Crippen LogP contribution in [0.1, 0.15) is 245 Å². The molecule has 3 unspecified atom stereocenters. The van der Waals surface area contributed by atoms with Crippen LogP contribution in [0, 0.1) is 0 Å². The fourth-order valence-electron chi connectivity index (χ4n) is 7.32. The summed E-state index contributed by atoms with van der Waals surface area (Å²) in [6.07, 6.45) is 38.4. The van der Waals surface area contributed by atoms with Gasteiger partial charge in [-0.1, -0.05) is 194 Å². The highest BCUT2D eigenvalue weighted by molar-refractivity contribution is 7.48. The van der Waals surface area contributed by atoms with E-state index >= 15 is 0 Å². The lowest BCUT2D eigenvalue weighted by molar-refractivity contribution is -0.161. The minimum absolute atomic E-state index is 0.0572. The van der Waals surface area contributed by atoms with E-state index in [2.05, 4.69) is 13.8 Å². The Bertz CT molecular complexity index is 1030. The fraction of sp³-hybridized carbons (Fsp3) is 0.938. The zero-order valence-corrected chi connectivity index (χ0v) is 40.1. The van der Waals surface area contributed by atoms with Crippen molar-refractivity contribution in [3.63, 3.8) is 0 Å². The van der Waals surface area contributed by atoms with Crippen molar-refractivity contribution in [2.75, 3.05) is 33.5 Å². The van der Waals surface area contributed by atoms with E-state index in [1.165, 1.54) is 161 Å². The van der Waals surface area contributed by atoms with Gasteiger partial charge < -0.3 is 20.9 Å². The van der Waals surface area contributed by atoms with Crippen LogP contribution in [0.3, 0.4) is 0 Å². The molecule has 0 saturated carbocycles. The molecule has 0 aromatic rings. The zero-order chi connectivity index (χ0) is 44.2. The fourth-order valence-corrected chi connectivity index (χ4v) is 8.31. The van der Waals surface area contributed by atoms with Crippen molar-refractivity contribution >= 4 is 25.5 Å². The smallest absolute Gasteiger partial charge is 0.462 e. The van der Waals surface area contributed by atoms with E-state index in [9.17, 15) is 18.9 Å². The Morgan fingerprint density at radius 1 is 0.500 bits per heavy atom. The van der Waals surface area contributed by atoms with Crippen LogP contribution in [0.4, 0.5) is 0 Å². The molecule has 0 bridgehead atoms. The third-order valence-corrected chi connectivity index (χ3v) is 12.7. The number of hydrogen-bond acceptors (Lipinski definition) is 11. The molecule has 4 N–H and O–H groups in total. The van der Waals surface area contributed by atoms with Gasteiger partial charge in [-0.2, -0.15) is 0 Å². The van der Waals surface area contributed by atoms with Gasteiger partial charge in [0.25, 0.3) is 0 Å². The van der Waals surface area contributed by atoms with Gasteiger partial charge in [-0.25, -0.2) is 4.57 Å². The molecule has 0 aliphatic heterocycles. The number of carbonyl (C=O) groups is 3. The van der Waals surface area contributed by atoms with Gasteiger partial charge in [0.2, 0.25) is 0 Å². The molecular formula is C48H95N2O9P. The summed E-state index contributed by atoms with van der Waals surface area (Å²) in [4.78, 5) is 37.8. The highest BCUT2D eigenvalue weighted by Gasteiger charge is 2.29. The van der Waals surface area contributed by atoms with Gasteiger partial charge in [0.1, 0.15) is 12.4 Å². The average Bonchev–Trinajstić information content (AvgIpc) is 3.25. The standard InChI is InChI=1S/C48H95N2O9P/c1-4-6-8-10-12-14-16-18-20-22-24-26-28-30-32-38-47(52)56-42-44(43-58-60(54,55-3)57-41-35-37-46(51)45(50)36-34-40-49)59-48(53)39-33-31-29-27-25-23-21-19-17-15-13-11-9-7-5-2/h44-45H,4-43,49-50H2,1-3H3. The van der Waals surface area contributed by atoms with Gasteiger partial charge >= 0.3 is 19.8 Å². The van der Waals surface area contributed by atoms with E-state index in [0.717, 1.165) is 32.1 Å². The van der Waals surface area contributed by atoms with Crippen LogP contribution in [0.5, 0.6) is 0 Å². The van der Waals surface area contributed by atoms with Crippen LogP contribution >= 0.6 is 7.82 Å². The number of hydrogen-bond donors (Lipinski definition) is 2. The van der Waals surface area contributed by atoms with E-state index in [4.69, 9.17) is 34.5 Å². The maximum atomic E-state index is 13.2. The number of Topliss-reactive ketones (excluding diaryl/α,β-unsaturated/α-hetero) is 1. The van der Waals surface area contributed by atoms with Crippen LogP contribution in [-0.4, -0.2) is 63.3 Å². The third-order valence-electron chi connectivity index (χ3n) is 11.3. The first kappa shape index (κ1) is 58.6. The van der Waals surface area contributed by atoms with Crippen molar-refractivity contribution in [1.82, 2.24) is 0 Å². The van der Waals surface area contributed by atoms with Crippen molar-refractivity contribution < 1.29 is 42.0 Å². The molecular weight excluding hydrogens is 780 g/mol. The predicted molar refractivity (Wildman–Crippen MR) is 247 cm³/mol. The molecule has 0 amide bonds. The first-order chi connectivity index (χ1) is 29.2. The third kappa shape index (κ3) is 39.5. The monoisotopic (exact) mass is 875 g/mol. The van der Waals surface area contributed by atoms with Gasteiger partial charge in [-0.15, -0.1) is 0 Å². The molecule has 60 heavy (non-hydrogen) atoms. The first-order valence-corrected chi connectivity index (χ1v) is 26.5. The lowest BCUT2D eigenvalue weighted by Crippen LogP contribution is -2.31. The van der Waals surface area contributed by atoms with E-state index in [-0.39, 0.29) is 57.3 Å². The lowest BCUT2D eigenvalue weighted by Gasteiger charge is -2.21. The van der Waals surface area contributed by atoms with Crippen LogP contribution in [-0.2, 0) is 42.0 Å². The van der Waals surface area contributed by atoms with Crippen LogP contribution < -0.4 is 11.5 Å². The Hall–Kier alpha value is -1.36. The zero-order valence-electron chi connectivity index (χ0n) is 39.2. The summed E-state index contributed by atoms with van der Waals surface area (Å²) in [6.45, 7) is 4.36. The second-order valence-electron chi connectivity index (χ2n) is 17.1. The molecule has 12 heteroatoms. The van der Waals surface area contributed by atoms with Gasteiger partial charge in [0, 0.05) is 26.4 Å². The van der Waals surface area contributed by atoms with Gasteiger partial charge in [-0.3, -0.25) is 28.0 Å². The molecule has 0 rings (SSSR count). The van der Waals surface area contributed by atoms with Crippen LogP contribution in [0.2, 0.25) is 0 Å². The number of ether oxygens (including phenoxy) is 2. The number of rotatable bonds is 48. The number of unbranched alkanes of at least 4 members (excludes halogenated alkanes) is 28. The molecule has 0 heterocycles. The summed E-state index contributed by atoms with van der Waals surface area (Å²) in [5, 5.41) is 0. The van der Waals surface area contributed by atoms with Crippen molar-refractivity contribution in [1.29, 1.82) is 0 Å². The summed E-state index contributed by atoms with van der Waals surface area (Å²) < 4.78 is 40.4. The maximum absolute atomic E-state index is 13.2. The summed E-state index contributed by atoms with van der Waals surface area (Å²) in [7, 11) is -2.84. The Labute approximate surface area is 368 Å². The number of nitrogens with two attached hydrogens (primary N) is 2. The molecule has 0 spiro atoms. The lowest BCUT2D eigenvalue weighted by atomic mass is 10.0. The van der Waals surface area contributed by atoms with E-state index in [1.807, 2.05) is 0 Å². The van der Waals surface area contributed by atoms with Crippen LogP contribution in [0.15, 0.2) is 0 Å². The minimum atomic E-state index is -4.04. The van der Waals surface area contributed by atoms with Gasteiger partial charge in [0.15, 0.2) is 6.10 Å². The van der Waals surface area contributed by atoms with Gasteiger partial charge in [0.05, 0.1) is 19.3 Å². The molecule has 0 radical (unpaired) electrons. The normalized spacial score (nSPS) is 13.6. The minimum Gasteiger partial charge on any atom is -0.462 e. The summed E-state index contributed by atoms with van der Waals surface area (Å²) in [5.74, 6) is -0.907. The average molecular weight is 875 g/mol. The molecule has 0 aromatic carbocycles. The summed E-state index contributed by atoms with van der Waals surface area (Å²) in [6, 6.07) is -0.592. The molecule has 0 aromatic heterocycles. The van der Waals surface area contributed by atoms with E-state index in [0.29, 0.717) is 25.8 Å². The number of phosphoric ester groups is 1. The molecule has 11 nitrogen and oxygen atoms in total. The predicted octanol–water partition coefficient (Wildman–Crippen LogP) is 13.2. The maximum Gasteiger partial charge on any atom is 0.474 e. The van der Waals surface area contributed by atoms with E-state index < -0.39 is 25.9 Å². The second-order valence-corrected chi connectivity index (χ2v) is 18.8. The quantitative estimate of drug-likeness (QED) is 0.0339. The van der Waals surface area contributed by atoms with Crippen molar-refractivity contribution in [3.05, 3.63) is 0 Å². The molecule has 0 aliphatic rings. The highest BCUT2D eigenvalue weighted by atomic mass is 31.2. The van der Waals surface area contributed by atoms with Crippen molar-refractivity contribution in [2.45, 2.75) is 257 Å². The van der Waals surface area contributed by atoms with Gasteiger partial charge in [-0.05, 0) is 38.6 Å². The molecule has 356 valence electrons. The molecule has 0 aliphatic carbocycles. The topological polar surface area (TPSA) is 166 Å². The first-order valence-electron chi connectivity index (χ1n) is 25.0. The number of ketones is 1. The number of carbonyl (C=O) groups excluding carboxylic acids is 3. The largest absolute Gasteiger partial charge is 0.474 e. The Morgan fingerprint density at radius 3 is 1.30 bits per heavy atom. The van der Waals surface area contributed by atoms with Crippen molar-refractivity contribution in [2.24, 2.45) is 11.5 Å². The number of phosphoric acid groups is 1. The van der Waals surface area contributed by atoms with Crippen LogP contribution in [0.25, 0.3) is 0 Å². The Morgan fingerprint density at radius 2 is 0.900 bits per heavy atom. The summed E-state index contributed by atoms with van der Waals surface area (Å²) >= 11 is 0. The van der Waals surface area contributed by atoms with E-state index in [1.54, 1.807) is 0 Å².